The summed E-state index contributed by atoms with van der Waals surface area (Å²) in [6, 6.07) is 5.12. The molecule has 0 fully saturated rings. The first kappa shape index (κ1) is 13.9. The fourth-order valence-corrected chi connectivity index (χ4v) is 4.38. The van der Waals surface area contributed by atoms with E-state index in [1.807, 2.05) is 0 Å². The van der Waals surface area contributed by atoms with Crippen LogP contribution in [0.25, 0.3) is 0 Å². The van der Waals surface area contributed by atoms with Crippen LogP contribution in [0.2, 0.25) is 6.04 Å². The summed E-state index contributed by atoms with van der Waals surface area (Å²) in [4.78, 5) is 1.41. The van der Waals surface area contributed by atoms with Gasteiger partial charge >= 0.3 is 8.80 Å². The topological polar surface area (TPSA) is 27.7 Å². The smallest absolute Gasteiger partial charge is 0.377 e. The molecule has 0 radical (unpaired) electrons. The third kappa shape index (κ3) is 3.40. The highest BCUT2D eigenvalue weighted by Crippen LogP contribution is 2.28. The van der Waals surface area contributed by atoms with E-state index in [9.17, 15) is 0 Å². The van der Waals surface area contributed by atoms with Crippen LogP contribution in [0.3, 0.4) is 0 Å². The van der Waals surface area contributed by atoms with Gasteiger partial charge in [-0.2, -0.15) is 0 Å². The van der Waals surface area contributed by atoms with Gasteiger partial charge in [0.25, 0.3) is 0 Å². The van der Waals surface area contributed by atoms with Gasteiger partial charge in [-0.15, -0.1) is 11.3 Å². The van der Waals surface area contributed by atoms with E-state index >= 15 is 0 Å². The van der Waals surface area contributed by atoms with E-state index in [0.29, 0.717) is 5.92 Å². The van der Waals surface area contributed by atoms with E-state index in [0.717, 1.165) is 12.5 Å². The molecule has 0 spiro atoms. The quantitative estimate of drug-likeness (QED) is 0.705. The molecule has 0 amide bonds. The van der Waals surface area contributed by atoms with Crippen molar-refractivity contribution in [3.8, 4) is 0 Å². The van der Waals surface area contributed by atoms with E-state index in [2.05, 4.69) is 24.4 Å². The Morgan fingerprint density at radius 2 is 1.88 bits per heavy atom. The Kier molecular flexibility index (Phi) is 5.64. The third-order valence-electron chi connectivity index (χ3n) is 2.85. The minimum atomic E-state index is -2.39. The first-order valence-electron chi connectivity index (χ1n) is 5.36. The minimum absolute atomic E-state index is 0.535. The molecule has 1 atom stereocenters. The van der Waals surface area contributed by atoms with Crippen molar-refractivity contribution >= 4 is 20.1 Å². The zero-order valence-electron chi connectivity index (χ0n) is 10.4. The maximum atomic E-state index is 5.40. The van der Waals surface area contributed by atoms with Gasteiger partial charge in [-0.1, -0.05) is 13.0 Å². The van der Waals surface area contributed by atoms with Crippen LogP contribution in [0.1, 0.15) is 24.1 Å². The van der Waals surface area contributed by atoms with Crippen LogP contribution >= 0.6 is 11.3 Å². The predicted octanol–water partition coefficient (Wildman–Crippen LogP) is 3.12. The van der Waals surface area contributed by atoms with Gasteiger partial charge < -0.3 is 13.3 Å². The van der Waals surface area contributed by atoms with E-state index < -0.39 is 8.80 Å². The summed E-state index contributed by atoms with van der Waals surface area (Å²) in [6.07, 6.45) is 1.03. The molecule has 1 unspecified atom stereocenters. The lowest BCUT2D eigenvalue weighted by atomic mass is 10.1. The molecule has 16 heavy (non-hydrogen) atoms. The Balaban J connectivity index is 2.49. The second-order valence-electron chi connectivity index (χ2n) is 3.75. The molecule has 5 heteroatoms. The first-order chi connectivity index (χ1) is 7.67. The number of hydrogen-bond donors (Lipinski definition) is 0. The first-order valence-corrected chi connectivity index (χ1v) is 8.17. The van der Waals surface area contributed by atoms with Crippen LogP contribution in [-0.2, 0) is 13.3 Å². The monoisotopic (exact) mass is 260 g/mol. The average molecular weight is 260 g/mol. The molecule has 0 bridgehead atoms. The standard InChI is InChI=1S/C11H20O3SSi/c1-10(11-6-5-8-15-11)7-9-16(12-2,13-3)14-4/h5-6,8,10H,7,9H2,1-4H3. The number of thiophene rings is 1. The minimum Gasteiger partial charge on any atom is -0.377 e. The van der Waals surface area contributed by atoms with Gasteiger partial charge in [0.05, 0.1) is 0 Å². The van der Waals surface area contributed by atoms with Gasteiger partial charge in [-0.05, 0) is 23.8 Å². The highest BCUT2D eigenvalue weighted by molar-refractivity contribution is 7.10. The van der Waals surface area contributed by atoms with Crippen molar-refractivity contribution in [2.75, 3.05) is 21.3 Å². The van der Waals surface area contributed by atoms with Gasteiger partial charge in [-0.3, -0.25) is 0 Å². The Labute approximate surface area is 103 Å². The maximum Gasteiger partial charge on any atom is 0.500 e. The molecule has 1 rings (SSSR count). The molecule has 0 aliphatic heterocycles. The number of rotatable bonds is 7. The fraction of sp³-hybridized carbons (Fsp3) is 0.636. The molecule has 0 N–H and O–H groups in total. The van der Waals surface area contributed by atoms with Crippen LogP contribution in [0, 0.1) is 0 Å². The summed E-state index contributed by atoms with van der Waals surface area (Å²) >= 11 is 1.80. The van der Waals surface area contributed by atoms with Crippen LogP contribution in [0.4, 0.5) is 0 Å². The SMILES string of the molecule is CO[Si](CCC(C)c1cccs1)(OC)OC. The molecular formula is C11H20O3SSi. The summed E-state index contributed by atoms with van der Waals surface area (Å²) in [6.45, 7) is 2.23. The zero-order valence-corrected chi connectivity index (χ0v) is 12.2. The van der Waals surface area contributed by atoms with Crippen molar-refractivity contribution in [3.63, 3.8) is 0 Å². The van der Waals surface area contributed by atoms with Crippen molar-refractivity contribution in [1.29, 1.82) is 0 Å². The van der Waals surface area contributed by atoms with Gasteiger partial charge in [0, 0.05) is 32.3 Å². The number of hydrogen-bond acceptors (Lipinski definition) is 4. The van der Waals surface area contributed by atoms with Gasteiger partial charge in [0.1, 0.15) is 0 Å². The van der Waals surface area contributed by atoms with Crippen LogP contribution in [0.5, 0.6) is 0 Å². The second-order valence-corrected chi connectivity index (χ2v) is 7.82. The predicted molar refractivity (Wildman–Crippen MR) is 68.9 cm³/mol. The lowest BCUT2D eigenvalue weighted by molar-refractivity contribution is 0.122. The highest BCUT2D eigenvalue weighted by atomic mass is 32.1. The second kappa shape index (κ2) is 6.51. The Morgan fingerprint density at radius 3 is 2.31 bits per heavy atom. The molecule has 0 aromatic carbocycles. The molecule has 1 aromatic rings. The van der Waals surface area contributed by atoms with E-state index in [4.69, 9.17) is 13.3 Å². The summed E-state index contributed by atoms with van der Waals surface area (Å²) in [5.74, 6) is 0.535. The molecule has 0 saturated heterocycles. The summed E-state index contributed by atoms with van der Waals surface area (Å²) in [5.41, 5.74) is 0. The molecule has 1 heterocycles. The summed E-state index contributed by atoms with van der Waals surface area (Å²) < 4.78 is 16.2. The van der Waals surface area contributed by atoms with E-state index in [1.165, 1.54) is 4.88 Å². The van der Waals surface area contributed by atoms with Crippen LogP contribution in [0.15, 0.2) is 17.5 Å². The van der Waals surface area contributed by atoms with Crippen LogP contribution < -0.4 is 0 Å². The average Bonchev–Trinajstić information content (AvgIpc) is 2.85. The fourth-order valence-electron chi connectivity index (χ4n) is 1.66. The summed E-state index contributed by atoms with van der Waals surface area (Å²) in [7, 11) is 2.60. The highest BCUT2D eigenvalue weighted by Gasteiger charge is 2.37. The van der Waals surface area contributed by atoms with Crippen molar-refractivity contribution in [3.05, 3.63) is 22.4 Å². The Bertz CT molecular complexity index is 277. The summed E-state index contributed by atoms with van der Waals surface area (Å²) in [5, 5.41) is 2.11. The Hall–Kier alpha value is -0.203. The van der Waals surface area contributed by atoms with Crippen molar-refractivity contribution in [2.24, 2.45) is 0 Å². The van der Waals surface area contributed by atoms with Gasteiger partial charge in [-0.25, -0.2) is 0 Å². The normalized spacial score (nSPS) is 14.0. The van der Waals surface area contributed by atoms with E-state index in [1.54, 1.807) is 32.7 Å². The molecule has 3 nitrogen and oxygen atoms in total. The zero-order chi connectivity index (χ0) is 12.0. The lowest BCUT2D eigenvalue weighted by Gasteiger charge is -2.25. The molecule has 1 aromatic heterocycles. The molecule has 0 saturated carbocycles. The van der Waals surface area contributed by atoms with Gasteiger partial charge in [0.2, 0.25) is 0 Å². The van der Waals surface area contributed by atoms with Crippen LogP contribution in [-0.4, -0.2) is 30.1 Å². The maximum absolute atomic E-state index is 5.40. The molecular weight excluding hydrogens is 240 g/mol. The van der Waals surface area contributed by atoms with Crippen molar-refractivity contribution in [2.45, 2.75) is 25.3 Å². The molecule has 0 aliphatic rings. The molecule has 0 aliphatic carbocycles. The van der Waals surface area contributed by atoms with Gasteiger partial charge in [0.15, 0.2) is 0 Å². The molecule has 92 valence electrons. The lowest BCUT2D eigenvalue weighted by Crippen LogP contribution is -2.42. The largest absolute Gasteiger partial charge is 0.500 e. The third-order valence-corrected chi connectivity index (χ3v) is 6.72. The van der Waals surface area contributed by atoms with E-state index in [-0.39, 0.29) is 0 Å². The van der Waals surface area contributed by atoms with Crippen molar-refractivity contribution < 1.29 is 13.3 Å². The van der Waals surface area contributed by atoms with Crippen molar-refractivity contribution in [1.82, 2.24) is 0 Å². The Morgan fingerprint density at radius 1 is 1.25 bits per heavy atom.